The van der Waals surface area contributed by atoms with Crippen molar-refractivity contribution >= 4 is 43.1 Å². The maximum absolute atomic E-state index is 5.52. The Bertz CT molecular complexity index is 1060. The molecule has 0 aliphatic carbocycles. The van der Waals surface area contributed by atoms with Gasteiger partial charge in [0, 0.05) is 10.8 Å². The molecule has 26 heavy (non-hydrogen) atoms. The number of ether oxygens (including phenoxy) is 4. The minimum atomic E-state index is 0.683. The predicted molar refractivity (Wildman–Crippen MR) is 106 cm³/mol. The Labute approximate surface area is 155 Å². The van der Waals surface area contributed by atoms with Crippen molar-refractivity contribution in [1.82, 2.24) is 4.98 Å². The van der Waals surface area contributed by atoms with Crippen molar-refractivity contribution in [1.29, 1.82) is 0 Å². The summed E-state index contributed by atoms with van der Waals surface area (Å²) in [5.74, 6) is 2.76. The predicted octanol–water partition coefficient (Wildman–Crippen LogP) is 4.95. The first-order valence-electron chi connectivity index (χ1n) is 8.11. The molecule has 0 aliphatic rings. The number of aryl methyl sites for hydroxylation is 1. The van der Waals surface area contributed by atoms with E-state index in [0.717, 1.165) is 36.8 Å². The number of thiazole rings is 1. The second-order valence-electron chi connectivity index (χ2n) is 5.92. The molecule has 0 atom stereocenters. The zero-order chi connectivity index (χ0) is 18.4. The number of hydrogen-bond donors (Lipinski definition) is 0. The van der Waals surface area contributed by atoms with Crippen molar-refractivity contribution < 1.29 is 18.9 Å². The molecule has 134 valence electrons. The molecular formula is C20H19NO4S. The fourth-order valence-corrected chi connectivity index (χ4v) is 4.34. The standard InChI is InChI=1S/C20H19NO4S/c1-10-21-19-13-8-17(24-4)15(22-2)6-11(13)12-7-16(23-3)18(25-5)9-14(12)20(19)26-10/h6-9H,1-5H3. The van der Waals surface area contributed by atoms with Crippen LogP contribution in [-0.4, -0.2) is 33.4 Å². The minimum absolute atomic E-state index is 0.683. The number of methoxy groups -OCH3 is 4. The summed E-state index contributed by atoms with van der Waals surface area (Å²) in [7, 11) is 6.57. The number of rotatable bonds is 4. The Morgan fingerprint density at radius 3 is 1.58 bits per heavy atom. The van der Waals surface area contributed by atoms with Crippen LogP contribution < -0.4 is 18.9 Å². The van der Waals surface area contributed by atoms with Crippen molar-refractivity contribution in [3.05, 3.63) is 29.3 Å². The zero-order valence-corrected chi connectivity index (χ0v) is 16.1. The summed E-state index contributed by atoms with van der Waals surface area (Å²) in [4.78, 5) is 4.77. The molecule has 0 fully saturated rings. The smallest absolute Gasteiger partial charge is 0.161 e. The quantitative estimate of drug-likeness (QED) is 0.477. The molecule has 3 aromatic carbocycles. The Kier molecular flexibility index (Phi) is 4.00. The highest BCUT2D eigenvalue weighted by Gasteiger charge is 2.18. The van der Waals surface area contributed by atoms with Crippen molar-refractivity contribution in [2.75, 3.05) is 28.4 Å². The second-order valence-corrected chi connectivity index (χ2v) is 7.12. The number of fused-ring (bicyclic) bond motifs is 6. The third kappa shape index (κ3) is 2.33. The van der Waals surface area contributed by atoms with Crippen molar-refractivity contribution in [3.63, 3.8) is 0 Å². The Hall–Kier alpha value is -2.73. The fourth-order valence-electron chi connectivity index (χ4n) is 3.38. The third-order valence-electron chi connectivity index (χ3n) is 4.57. The lowest BCUT2D eigenvalue weighted by atomic mass is 9.99. The van der Waals surface area contributed by atoms with Crippen LogP contribution in [0, 0.1) is 6.92 Å². The van der Waals surface area contributed by atoms with E-state index in [0.29, 0.717) is 23.0 Å². The lowest BCUT2D eigenvalue weighted by Crippen LogP contribution is -1.93. The molecule has 1 aromatic heterocycles. The van der Waals surface area contributed by atoms with Gasteiger partial charge in [0.15, 0.2) is 23.0 Å². The zero-order valence-electron chi connectivity index (χ0n) is 15.3. The van der Waals surface area contributed by atoms with Gasteiger partial charge in [-0.05, 0) is 42.0 Å². The van der Waals surface area contributed by atoms with Gasteiger partial charge in [0.25, 0.3) is 0 Å². The normalized spacial score (nSPS) is 11.3. The van der Waals surface area contributed by atoms with Crippen LogP contribution >= 0.6 is 11.3 Å². The largest absolute Gasteiger partial charge is 0.493 e. The van der Waals surface area contributed by atoms with Gasteiger partial charge in [0.1, 0.15) is 0 Å². The van der Waals surface area contributed by atoms with E-state index in [1.807, 2.05) is 31.2 Å². The Morgan fingerprint density at radius 1 is 0.654 bits per heavy atom. The molecule has 0 unspecified atom stereocenters. The molecule has 0 saturated carbocycles. The Balaban J connectivity index is 2.27. The molecule has 0 spiro atoms. The van der Waals surface area contributed by atoms with E-state index < -0.39 is 0 Å². The maximum Gasteiger partial charge on any atom is 0.161 e. The summed E-state index contributed by atoms with van der Waals surface area (Å²) in [5.41, 5.74) is 0.961. The van der Waals surface area contributed by atoms with E-state index in [4.69, 9.17) is 23.9 Å². The van der Waals surface area contributed by atoms with Gasteiger partial charge >= 0.3 is 0 Å². The van der Waals surface area contributed by atoms with Crippen LogP contribution in [0.2, 0.25) is 0 Å². The molecule has 0 radical (unpaired) electrons. The average molecular weight is 369 g/mol. The highest BCUT2D eigenvalue weighted by molar-refractivity contribution is 7.19. The van der Waals surface area contributed by atoms with E-state index in [9.17, 15) is 0 Å². The average Bonchev–Trinajstić information content (AvgIpc) is 3.07. The van der Waals surface area contributed by atoms with Gasteiger partial charge in [-0.1, -0.05) is 0 Å². The highest BCUT2D eigenvalue weighted by atomic mass is 32.1. The lowest BCUT2D eigenvalue weighted by molar-refractivity contribution is 0.355. The van der Waals surface area contributed by atoms with Crippen LogP contribution in [0.4, 0.5) is 0 Å². The molecule has 6 heteroatoms. The molecule has 5 nitrogen and oxygen atoms in total. The number of hydrogen-bond acceptors (Lipinski definition) is 6. The summed E-state index contributed by atoms with van der Waals surface area (Å²) in [6, 6.07) is 8.02. The van der Waals surface area contributed by atoms with Crippen LogP contribution in [0.1, 0.15) is 5.01 Å². The van der Waals surface area contributed by atoms with Crippen LogP contribution in [0.3, 0.4) is 0 Å². The van der Waals surface area contributed by atoms with E-state index in [-0.39, 0.29) is 0 Å². The van der Waals surface area contributed by atoms with Crippen LogP contribution in [0.15, 0.2) is 24.3 Å². The third-order valence-corrected chi connectivity index (χ3v) is 5.58. The van der Waals surface area contributed by atoms with Gasteiger partial charge in [-0.15, -0.1) is 11.3 Å². The molecule has 0 saturated heterocycles. The minimum Gasteiger partial charge on any atom is -0.493 e. The van der Waals surface area contributed by atoms with Gasteiger partial charge in [-0.3, -0.25) is 0 Å². The van der Waals surface area contributed by atoms with Gasteiger partial charge in [-0.2, -0.15) is 0 Å². The molecule has 0 aliphatic heterocycles. The molecule has 0 bridgehead atoms. The van der Waals surface area contributed by atoms with Gasteiger partial charge in [0.05, 0.1) is 43.7 Å². The topological polar surface area (TPSA) is 49.8 Å². The summed E-state index contributed by atoms with van der Waals surface area (Å²) >= 11 is 1.67. The summed E-state index contributed by atoms with van der Waals surface area (Å²) in [6.07, 6.45) is 0. The fraction of sp³-hybridized carbons (Fsp3) is 0.250. The highest BCUT2D eigenvalue weighted by Crippen LogP contribution is 2.45. The molecular weight excluding hydrogens is 350 g/mol. The monoisotopic (exact) mass is 369 g/mol. The van der Waals surface area contributed by atoms with Crippen molar-refractivity contribution in [3.8, 4) is 23.0 Å². The van der Waals surface area contributed by atoms with E-state index in [1.54, 1.807) is 39.8 Å². The van der Waals surface area contributed by atoms with Gasteiger partial charge < -0.3 is 18.9 Å². The van der Waals surface area contributed by atoms with Crippen molar-refractivity contribution in [2.45, 2.75) is 6.92 Å². The van der Waals surface area contributed by atoms with Crippen LogP contribution in [-0.2, 0) is 0 Å². The SMILES string of the molecule is COc1cc2c3cc(OC)c(OC)cc3c3sc(C)nc3c2cc1OC. The first-order chi connectivity index (χ1) is 12.6. The summed E-state index contributed by atoms with van der Waals surface area (Å²) in [6.45, 7) is 2.02. The van der Waals surface area contributed by atoms with Gasteiger partial charge in [-0.25, -0.2) is 4.98 Å². The summed E-state index contributed by atoms with van der Waals surface area (Å²) in [5, 5.41) is 5.23. The van der Waals surface area contributed by atoms with E-state index in [2.05, 4.69) is 0 Å². The molecule has 0 amide bonds. The van der Waals surface area contributed by atoms with E-state index >= 15 is 0 Å². The summed E-state index contributed by atoms with van der Waals surface area (Å²) < 4.78 is 23.2. The molecule has 4 aromatic rings. The van der Waals surface area contributed by atoms with Crippen LogP contribution in [0.25, 0.3) is 31.8 Å². The first kappa shape index (κ1) is 16.7. The molecule has 4 rings (SSSR count). The van der Waals surface area contributed by atoms with Crippen LogP contribution in [0.5, 0.6) is 23.0 Å². The van der Waals surface area contributed by atoms with E-state index in [1.165, 1.54) is 0 Å². The first-order valence-corrected chi connectivity index (χ1v) is 8.93. The maximum atomic E-state index is 5.52. The number of benzene rings is 3. The second kappa shape index (κ2) is 6.21. The lowest BCUT2D eigenvalue weighted by Gasteiger charge is -2.14. The molecule has 0 N–H and O–H groups in total. The number of nitrogens with zero attached hydrogens (tertiary/aromatic N) is 1. The molecule has 1 heterocycles. The number of aromatic nitrogens is 1. The van der Waals surface area contributed by atoms with Crippen molar-refractivity contribution in [2.24, 2.45) is 0 Å². The van der Waals surface area contributed by atoms with Gasteiger partial charge in [0.2, 0.25) is 0 Å². The Morgan fingerprint density at radius 2 is 1.08 bits per heavy atom.